The SMILES string of the molecule is CCCSc1ccc(Cc2ccc(C(C)=O)cc2)cc1. The van der Waals surface area contributed by atoms with Crippen LogP contribution in [-0.2, 0) is 6.42 Å². The lowest BCUT2D eigenvalue weighted by Crippen LogP contribution is -1.93. The van der Waals surface area contributed by atoms with Crippen LogP contribution < -0.4 is 0 Å². The summed E-state index contributed by atoms with van der Waals surface area (Å²) in [5.41, 5.74) is 3.32. The monoisotopic (exact) mass is 284 g/mol. The molecule has 0 fully saturated rings. The fraction of sp³-hybridized carbons (Fsp3) is 0.278. The van der Waals surface area contributed by atoms with Crippen LogP contribution in [-0.4, -0.2) is 11.5 Å². The van der Waals surface area contributed by atoms with Crippen LogP contribution in [0.4, 0.5) is 0 Å². The molecule has 0 aliphatic carbocycles. The largest absolute Gasteiger partial charge is 0.295 e. The molecule has 0 saturated heterocycles. The van der Waals surface area contributed by atoms with E-state index in [1.54, 1.807) is 6.92 Å². The number of rotatable bonds is 6. The summed E-state index contributed by atoms with van der Waals surface area (Å²) in [6.07, 6.45) is 2.12. The van der Waals surface area contributed by atoms with Gasteiger partial charge in [0.25, 0.3) is 0 Å². The first-order valence-electron chi connectivity index (χ1n) is 7.00. The molecule has 0 bridgehead atoms. The van der Waals surface area contributed by atoms with Crippen LogP contribution >= 0.6 is 11.8 Å². The molecule has 2 aromatic carbocycles. The van der Waals surface area contributed by atoms with Gasteiger partial charge in [-0.1, -0.05) is 43.3 Å². The maximum absolute atomic E-state index is 11.2. The van der Waals surface area contributed by atoms with E-state index < -0.39 is 0 Å². The number of thioether (sulfide) groups is 1. The maximum atomic E-state index is 11.2. The minimum atomic E-state index is 0.119. The van der Waals surface area contributed by atoms with Gasteiger partial charge in [0.1, 0.15) is 0 Å². The lowest BCUT2D eigenvalue weighted by Gasteiger charge is -2.05. The summed E-state index contributed by atoms with van der Waals surface area (Å²) < 4.78 is 0. The van der Waals surface area contributed by atoms with E-state index >= 15 is 0 Å². The molecule has 0 saturated carbocycles. The summed E-state index contributed by atoms with van der Waals surface area (Å²) in [5.74, 6) is 1.29. The molecule has 0 amide bonds. The Labute approximate surface area is 125 Å². The first-order chi connectivity index (χ1) is 9.69. The molecule has 0 aliphatic rings. The highest BCUT2D eigenvalue weighted by Crippen LogP contribution is 2.20. The van der Waals surface area contributed by atoms with E-state index in [1.165, 1.54) is 28.2 Å². The van der Waals surface area contributed by atoms with E-state index in [-0.39, 0.29) is 5.78 Å². The Kier molecular flexibility index (Phi) is 5.42. The standard InChI is InChI=1S/C18H20OS/c1-3-12-20-18-10-6-16(7-11-18)13-15-4-8-17(9-5-15)14(2)19/h4-11H,3,12-13H2,1-2H3. The van der Waals surface area contributed by atoms with Crippen LogP contribution in [0.1, 0.15) is 41.8 Å². The first-order valence-corrected chi connectivity index (χ1v) is 7.99. The Morgan fingerprint density at radius 3 is 2.00 bits per heavy atom. The van der Waals surface area contributed by atoms with Crippen molar-refractivity contribution < 1.29 is 4.79 Å². The zero-order valence-corrected chi connectivity index (χ0v) is 12.9. The minimum absolute atomic E-state index is 0.119. The second kappa shape index (κ2) is 7.30. The van der Waals surface area contributed by atoms with Gasteiger partial charge in [0, 0.05) is 10.5 Å². The molecule has 0 radical (unpaired) electrons. The Morgan fingerprint density at radius 2 is 1.50 bits per heavy atom. The van der Waals surface area contributed by atoms with Crippen molar-refractivity contribution >= 4 is 17.5 Å². The number of benzene rings is 2. The third-order valence-corrected chi connectivity index (χ3v) is 4.38. The third kappa shape index (κ3) is 4.24. The molecule has 1 nitrogen and oxygen atoms in total. The summed E-state index contributed by atoms with van der Waals surface area (Å²) in [6, 6.07) is 16.7. The van der Waals surface area contributed by atoms with Crippen molar-refractivity contribution in [1.82, 2.24) is 0 Å². The second-order valence-electron chi connectivity index (χ2n) is 4.92. The van der Waals surface area contributed by atoms with Crippen LogP contribution in [0.2, 0.25) is 0 Å². The highest BCUT2D eigenvalue weighted by molar-refractivity contribution is 7.99. The molecule has 0 atom stereocenters. The highest BCUT2D eigenvalue weighted by atomic mass is 32.2. The summed E-state index contributed by atoms with van der Waals surface area (Å²) in [4.78, 5) is 12.6. The molecule has 0 aliphatic heterocycles. The van der Waals surface area contributed by atoms with Crippen LogP contribution in [0.25, 0.3) is 0 Å². The van der Waals surface area contributed by atoms with Crippen molar-refractivity contribution in [3.05, 3.63) is 65.2 Å². The Bertz CT molecular complexity index is 555. The van der Waals surface area contributed by atoms with Gasteiger partial charge in [-0.25, -0.2) is 0 Å². The summed E-state index contributed by atoms with van der Waals surface area (Å²) in [5, 5.41) is 0. The van der Waals surface area contributed by atoms with Crippen LogP contribution in [0.15, 0.2) is 53.4 Å². The summed E-state index contributed by atoms with van der Waals surface area (Å²) in [6.45, 7) is 3.80. The third-order valence-electron chi connectivity index (χ3n) is 3.16. The van der Waals surface area contributed by atoms with Gasteiger partial charge < -0.3 is 0 Å². The van der Waals surface area contributed by atoms with Crippen molar-refractivity contribution in [2.45, 2.75) is 31.6 Å². The molecule has 2 heteroatoms. The lowest BCUT2D eigenvalue weighted by molar-refractivity contribution is 0.101. The lowest BCUT2D eigenvalue weighted by atomic mass is 10.0. The van der Waals surface area contributed by atoms with Gasteiger partial charge in [0.2, 0.25) is 0 Å². The van der Waals surface area contributed by atoms with Gasteiger partial charge in [0.15, 0.2) is 5.78 Å². The summed E-state index contributed by atoms with van der Waals surface area (Å²) in [7, 11) is 0. The zero-order valence-electron chi connectivity index (χ0n) is 12.1. The smallest absolute Gasteiger partial charge is 0.159 e. The maximum Gasteiger partial charge on any atom is 0.159 e. The fourth-order valence-corrected chi connectivity index (χ4v) is 2.78. The van der Waals surface area contributed by atoms with E-state index in [0.717, 1.165) is 12.0 Å². The van der Waals surface area contributed by atoms with Crippen molar-refractivity contribution in [2.24, 2.45) is 0 Å². The van der Waals surface area contributed by atoms with Gasteiger partial charge in [-0.05, 0) is 48.8 Å². The number of ketones is 1. The Balaban J connectivity index is 2.00. The van der Waals surface area contributed by atoms with Crippen LogP contribution in [0.5, 0.6) is 0 Å². The number of hydrogen-bond donors (Lipinski definition) is 0. The van der Waals surface area contributed by atoms with Crippen LogP contribution in [0, 0.1) is 0 Å². The Morgan fingerprint density at radius 1 is 0.950 bits per heavy atom. The van der Waals surface area contributed by atoms with Crippen molar-refractivity contribution in [1.29, 1.82) is 0 Å². The van der Waals surface area contributed by atoms with Gasteiger partial charge in [-0.3, -0.25) is 4.79 Å². The number of Topliss-reactive ketones (excluding diaryl/α,β-unsaturated/α-hetero) is 1. The number of carbonyl (C=O) groups is 1. The van der Waals surface area contributed by atoms with Gasteiger partial charge in [-0.15, -0.1) is 11.8 Å². The molecular formula is C18H20OS. The van der Waals surface area contributed by atoms with Crippen molar-refractivity contribution in [2.75, 3.05) is 5.75 Å². The number of hydrogen-bond acceptors (Lipinski definition) is 2. The van der Waals surface area contributed by atoms with E-state index in [4.69, 9.17) is 0 Å². The molecule has 0 unspecified atom stereocenters. The van der Waals surface area contributed by atoms with E-state index in [1.807, 2.05) is 36.0 Å². The van der Waals surface area contributed by atoms with Crippen LogP contribution in [0.3, 0.4) is 0 Å². The molecular weight excluding hydrogens is 264 g/mol. The molecule has 2 aromatic rings. The topological polar surface area (TPSA) is 17.1 Å². The fourth-order valence-electron chi connectivity index (χ4n) is 2.02. The number of carbonyl (C=O) groups excluding carboxylic acids is 1. The first kappa shape index (κ1) is 14.9. The second-order valence-corrected chi connectivity index (χ2v) is 6.09. The molecule has 20 heavy (non-hydrogen) atoms. The van der Waals surface area contributed by atoms with Crippen molar-refractivity contribution in [3.63, 3.8) is 0 Å². The summed E-state index contributed by atoms with van der Waals surface area (Å²) >= 11 is 1.90. The normalized spacial score (nSPS) is 10.5. The molecule has 0 heterocycles. The molecule has 0 spiro atoms. The van der Waals surface area contributed by atoms with E-state index in [2.05, 4.69) is 31.2 Å². The Hall–Kier alpha value is -1.54. The minimum Gasteiger partial charge on any atom is -0.295 e. The molecule has 104 valence electrons. The quantitative estimate of drug-likeness (QED) is 0.549. The van der Waals surface area contributed by atoms with Gasteiger partial charge in [0.05, 0.1) is 0 Å². The molecule has 2 rings (SSSR count). The van der Waals surface area contributed by atoms with Gasteiger partial charge >= 0.3 is 0 Å². The zero-order chi connectivity index (χ0) is 14.4. The van der Waals surface area contributed by atoms with Gasteiger partial charge in [-0.2, -0.15) is 0 Å². The average Bonchev–Trinajstić information content (AvgIpc) is 2.47. The molecule has 0 aromatic heterocycles. The molecule has 0 N–H and O–H groups in total. The predicted octanol–water partition coefficient (Wildman–Crippen LogP) is 4.98. The average molecular weight is 284 g/mol. The van der Waals surface area contributed by atoms with E-state index in [9.17, 15) is 4.79 Å². The van der Waals surface area contributed by atoms with Crippen molar-refractivity contribution in [3.8, 4) is 0 Å². The highest BCUT2D eigenvalue weighted by Gasteiger charge is 2.01. The van der Waals surface area contributed by atoms with E-state index in [0.29, 0.717) is 0 Å². The predicted molar refractivity (Wildman–Crippen MR) is 86.7 cm³/mol.